The molecule has 2 heterocycles. The van der Waals surface area contributed by atoms with E-state index in [1.165, 1.54) is 29.1 Å². The lowest BCUT2D eigenvalue weighted by molar-refractivity contribution is -0.124. The van der Waals surface area contributed by atoms with Crippen LogP contribution in [0.3, 0.4) is 0 Å². The molecule has 26 heavy (non-hydrogen) atoms. The first-order valence-corrected chi connectivity index (χ1v) is 10.5. The number of primary amides is 1. The fraction of sp³-hybridized carbons (Fsp3) is 0.684. The van der Waals surface area contributed by atoms with Crippen LogP contribution >= 0.6 is 11.3 Å². The molecule has 1 saturated carbocycles. The Morgan fingerprint density at radius 2 is 2.00 bits per heavy atom. The van der Waals surface area contributed by atoms with Gasteiger partial charge in [0.1, 0.15) is 5.00 Å². The van der Waals surface area contributed by atoms with Crippen molar-refractivity contribution in [3.05, 3.63) is 16.0 Å². The van der Waals surface area contributed by atoms with E-state index in [1.54, 1.807) is 0 Å². The van der Waals surface area contributed by atoms with Gasteiger partial charge >= 0.3 is 0 Å². The summed E-state index contributed by atoms with van der Waals surface area (Å²) in [6.45, 7) is 1.83. The standard InChI is InChI=1S/C19H27N3O3S/c20-18(24)17-12-5-1-4-8-15(12)26-19(17)21-16(23)11-22-9-10-25-14-7-3-2-6-13(14)22/h13-14H,1-11H2,(H2,20,24)(H,21,23). The summed E-state index contributed by atoms with van der Waals surface area (Å²) in [5, 5.41) is 3.63. The summed E-state index contributed by atoms with van der Waals surface area (Å²) in [4.78, 5) is 28.1. The van der Waals surface area contributed by atoms with Crippen LogP contribution in [0.2, 0.25) is 0 Å². The molecule has 1 saturated heterocycles. The van der Waals surface area contributed by atoms with Crippen molar-refractivity contribution in [2.24, 2.45) is 5.73 Å². The zero-order chi connectivity index (χ0) is 18.1. The van der Waals surface area contributed by atoms with E-state index in [2.05, 4.69) is 10.2 Å². The largest absolute Gasteiger partial charge is 0.375 e. The van der Waals surface area contributed by atoms with Crippen LogP contribution in [-0.4, -0.2) is 48.6 Å². The number of carbonyl (C=O) groups excluding carboxylic acids is 2. The normalized spacial score (nSPS) is 26.0. The second-order valence-electron chi connectivity index (χ2n) is 7.56. The molecule has 4 rings (SSSR count). The van der Waals surface area contributed by atoms with Gasteiger partial charge in [0.2, 0.25) is 5.91 Å². The Hall–Kier alpha value is -1.44. The van der Waals surface area contributed by atoms with Gasteiger partial charge in [-0.1, -0.05) is 12.8 Å². The first-order valence-electron chi connectivity index (χ1n) is 9.73. The fourth-order valence-corrected chi connectivity index (χ4v) is 5.95. The Balaban J connectivity index is 1.46. The Morgan fingerprint density at radius 3 is 2.85 bits per heavy atom. The van der Waals surface area contributed by atoms with Gasteiger partial charge in [0.15, 0.2) is 0 Å². The van der Waals surface area contributed by atoms with E-state index in [1.807, 2.05) is 0 Å². The van der Waals surface area contributed by atoms with Crippen molar-refractivity contribution in [2.45, 2.75) is 63.5 Å². The third kappa shape index (κ3) is 3.52. The van der Waals surface area contributed by atoms with E-state index in [0.717, 1.165) is 50.6 Å². The number of aryl methyl sites for hydroxylation is 1. The molecule has 3 N–H and O–H groups in total. The summed E-state index contributed by atoms with van der Waals surface area (Å²) < 4.78 is 5.89. The summed E-state index contributed by atoms with van der Waals surface area (Å²) in [5.41, 5.74) is 7.22. The second kappa shape index (κ2) is 7.66. The Labute approximate surface area is 158 Å². The molecule has 2 fully saturated rings. The molecule has 6 nitrogen and oxygen atoms in total. The molecule has 142 valence electrons. The predicted octanol–water partition coefficient (Wildman–Crippen LogP) is 2.31. The summed E-state index contributed by atoms with van der Waals surface area (Å²) in [6.07, 6.45) is 8.93. The van der Waals surface area contributed by atoms with Crippen LogP contribution in [-0.2, 0) is 22.4 Å². The highest BCUT2D eigenvalue weighted by molar-refractivity contribution is 7.17. The Morgan fingerprint density at radius 1 is 1.19 bits per heavy atom. The topological polar surface area (TPSA) is 84.7 Å². The number of hydrogen-bond donors (Lipinski definition) is 2. The molecule has 2 amide bonds. The van der Waals surface area contributed by atoms with Crippen molar-refractivity contribution >= 4 is 28.2 Å². The van der Waals surface area contributed by atoms with E-state index in [0.29, 0.717) is 29.8 Å². The SMILES string of the molecule is NC(=O)c1c(NC(=O)CN2CCOC3CCCCC32)sc2c1CCCC2. The van der Waals surface area contributed by atoms with Gasteiger partial charge in [0.25, 0.3) is 5.91 Å². The van der Waals surface area contributed by atoms with Crippen molar-refractivity contribution in [3.8, 4) is 0 Å². The number of nitrogens with two attached hydrogens (primary N) is 1. The monoisotopic (exact) mass is 377 g/mol. The van der Waals surface area contributed by atoms with Crippen LogP contribution in [0.1, 0.15) is 59.3 Å². The van der Waals surface area contributed by atoms with E-state index >= 15 is 0 Å². The number of nitrogens with zero attached hydrogens (tertiary/aromatic N) is 1. The molecular weight excluding hydrogens is 350 g/mol. The third-order valence-corrected chi connectivity index (χ3v) is 7.07. The van der Waals surface area contributed by atoms with Crippen molar-refractivity contribution in [1.29, 1.82) is 0 Å². The minimum atomic E-state index is -0.432. The zero-order valence-electron chi connectivity index (χ0n) is 15.1. The highest BCUT2D eigenvalue weighted by atomic mass is 32.1. The highest BCUT2D eigenvalue weighted by Crippen LogP contribution is 2.38. The molecule has 0 spiro atoms. The van der Waals surface area contributed by atoms with Gasteiger partial charge in [-0.2, -0.15) is 0 Å². The lowest BCUT2D eigenvalue weighted by atomic mass is 9.90. The zero-order valence-corrected chi connectivity index (χ0v) is 15.9. The van der Waals surface area contributed by atoms with Crippen LogP contribution in [0.15, 0.2) is 0 Å². The Bertz CT molecular complexity index is 700. The number of amides is 2. The number of carbonyl (C=O) groups is 2. The summed E-state index contributed by atoms with van der Waals surface area (Å²) in [6, 6.07) is 0.343. The van der Waals surface area contributed by atoms with E-state index in [4.69, 9.17) is 10.5 Å². The maximum atomic E-state index is 12.7. The van der Waals surface area contributed by atoms with Crippen molar-refractivity contribution in [3.63, 3.8) is 0 Å². The highest BCUT2D eigenvalue weighted by Gasteiger charge is 2.35. The first-order chi connectivity index (χ1) is 12.6. The smallest absolute Gasteiger partial charge is 0.251 e. The van der Waals surface area contributed by atoms with E-state index in [-0.39, 0.29) is 12.0 Å². The molecule has 2 unspecified atom stereocenters. The number of ether oxygens (including phenoxy) is 1. The minimum absolute atomic E-state index is 0.0580. The number of nitrogens with one attached hydrogen (secondary N) is 1. The Kier molecular flexibility index (Phi) is 5.29. The lowest BCUT2D eigenvalue weighted by Crippen LogP contribution is -2.54. The number of rotatable bonds is 4. The molecule has 1 aliphatic heterocycles. The van der Waals surface area contributed by atoms with Crippen LogP contribution in [0, 0.1) is 0 Å². The molecule has 0 aromatic carbocycles. The number of hydrogen-bond acceptors (Lipinski definition) is 5. The van der Waals surface area contributed by atoms with Crippen LogP contribution in [0.25, 0.3) is 0 Å². The van der Waals surface area contributed by atoms with Crippen LogP contribution in [0.4, 0.5) is 5.00 Å². The van der Waals surface area contributed by atoms with Crippen LogP contribution < -0.4 is 11.1 Å². The molecule has 2 aliphatic carbocycles. The van der Waals surface area contributed by atoms with E-state index in [9.17, 15) is 9.59 Å². The molecule has 3 aliphatic rings. The fourth-order valence-electron chi connectivity index (χ4n) is 4.64. The molecule has 1 aromatic rings. The summed E-state index contributed by atoms with van der Waals surface area (Å²) in [7, 11) is 0. The maximum Gasteiger partial charge on any atom is 0.251 e. The van der Waals surface area contributed by atoms with Gasteiger partial charge in [0, 0.05) is 17.5 Å². The number of fused-ring (bicyclic) bond motifs is 2. The van der Waals surface area contributed by atoms with E-state index < -0.39 is 5.91 Å². The number of thiophene rings is 1. The lowest BCUT2D eigenvalue weighted by Gasteiger charge is -2.43. The van der Waals surface area contributed by atoms with Gasteiger partial charge < -0.3 is 15.8 Å². The van der Waals surface area contributed by atoms with Gasteiger partial charge in [-0.05, 0) is 44.1 Å². The van der Waals surface area contributed by atoms with Gasteiger partial charge in [0.05, 0.1) is 24.8 Å². The maximum absolute atomic E-state index is 12.7. The number of anilines is 1. The molecule has 7 heteroatoms. The average Bonchev–Trinajstić information content (AvgIpc) is 2.99. The van der Waals surface area contributed by atoms with Crippen LogP contribution in [0.5, 0.6) is 0 Å². The van der Waals surface area contributed by atoms with Crippen molar-refractivity contribution < 1.29 is 14.3 Å². The molecule has 0 radical (unpaired) electrons. The van der Waals surface area contributed by atoms with Gasteiger partial charge in [-0.3, -0.25) is 14.5 Å². The molecule has 2 atom stereocenters. The molecule has 0 bridgehead atoms. The minimum Gasteiger partial charge on any atom is -0.375 e. The average molecular weight is 378 g/mol. The predicted molar refractivity (Wildman–Crippen MR) is 102 cm³/mol. The molecular formula is C19H27N3O3S. The third-order valence-electron chi connectivity index (χ3n) is 5.86. The summed E-state index contributed by atoms with van der Waals surface area (Å²) in [5.74, 6) is -0.490. The molecule has 1 aromatic heterocycles. The quantitative estimate of drug-likeness (QED) is 0.843. The second-order valence-corrected chi connectivity index (χ2v) is 8.66. The number of morpholine rings is 1. The summed E-state index contributed by atoms with van der Waals surface area (Å²) >= 11 is 1.53. The van der Waals surface area contributed by atoms with Crippen molar-refractivity contribution in [2.75, 3.05) is 25.0 Å². The first kappa shape index (κ1) is 17.9. The van der Waals surface area contributed by atoms with Gasteiger partial charge in [-0.15, -0.1) is 11.3 Å². The van der Waals surface area contributed by atoms with Crippen molar-refractivity contribution in [1.82, 2.24) is 4.90 Å². The van der Waals surface area contributed by atoms with Gasteiger partial charge in [-0.25, -0.2) is 0 Å².